The zero-order valence-electron chi connectivity index (χ0n) is 22.3. The molecule has 5 rings (SSSR count). The van der Waals surface area contributed by atoms with Crippen LogP contribution in [0.4, 0.5) is 5.69 Å². The molecular formula is C33H38N4. The van der Waals surface area contributed by atoms with Gasteiger partial charge in [0, 0.05) is 49.7 Å². The van der Waals surface area contributed by atoms with Crippen LogP contribution >= 0.6 is 0 Å². The molecule has 1 fully saturated rings. The van der Waals surface area contributed by atoms with Crippen LogP contribution in [0.5, 0.6) is 0 Å². The summed E-state index contributed by atoms with van der Waals surface area (Å²) in [7, 11) is 0. The van der Waals surface area contributed by atoms with E-state index in [1.54, 1.807) is 5.70 Å². The van der Waals surface area contributed by atoms with Crippen LogP contribution in [-0.2, 0) is 0 Å². The number of rotatable bonds is 8. The van der Waals surface area contributed by atoms with Crippen molar-refractivity contribution >= 4 is 17.0 Å². The summed E-state index contributed by atoms with van der Waals surface area (Å²) < 4.78 is 0. The summed E-state index contributed by atoms with van der Waals surface area (Å²) in [6.45, 7) is 16.8. The van der Waals surface area contributed by atoms with Crippen LogP contribution in [0.1, 0.15) is 50.7 Å². The number of nitrogens with zero attached hydrogens (tertiary/aromatic N) is 3. The quantitative estimate of drug-likeness (QED) is 0.419. The third-order valence-corrected chi connectivity index (χ3v) is 7.51. The van der Waals surface area contributed by atoms with Crippen molar-refractivity contribution in [3.8, 4) is 0 Å². The molecule has 2 aromatic rings. The molecule has 0 atom stereocenters. The predicted octanol–water partition coefficient (Wildman–Crippen LogP) is 7.38. The molecule has 190 valence electrons. The largest absolute Gasteiger partial charge is 0.371 e. The summed E-state index contributed by atoms with van der Waals surface area (Å²) in [4.78, 5) is 10.2. The lowest BCUT2D eigenvalue weighted by Gasteiger charge is -2.40. The molecule has 0 bridgehead atoms. The molecule has 2 aliphatic heterocycles. The third kappa shape index (κ3) is 5.48. The fourth-order valence-corrected chi connectivity index (χ4v) is 5.55. The van der Waals surface area contributed by atoms with E-state index in [4.69, 9.17) is 4.99 Å². The summed E-state index contributed by atoms with van der Waals surface area (Å²) in [5, 5.41) is 3.30. The number of hydrogen-bond acceptors (Lipinski definition) is 4. The number of hydrogen-bond donors (Lipinski definition) is 1. The number of benzene rings is 2. The average Bonchev–Trinajstić information content (AvgIpc) is 3.39. The van der Waals surface area contributed by atoms with Crippen LogP contribution in [0.25, 0.3) is 5.57 Å². The van der Waals surface area contributed by atoms with Crippen LogP contribution in [-0.4, -0.2) is 41.7 Å². The van der Waals surface area contributed by atoms with Crippen LogP contribution in [0, 0.1) is 0 Å². The van der Waals surface area contributed by atoms with Crippen molar-refractivity contribution in [3.05, 3.63) is 119 Å². The Morgan fingerprint density at radius 2 is 1.68 bits per heavy atom. The maximum Gasteiger partial charge on any atom is 0.0902 e. The summed E-state index contributed by atoms with van der Waals surface area (Å²) in [6, 6.07) is 19.1. The second-order valence-electron chi connectivity index (χ2n) is 10.1. The number of allylic oxidation sites excluding steroid dienone is 6. The molecule has 0 radical (unpaired) electrons. The van der Waals surface area contributed by atoms with Gasteiger partial charge in [-0.3, -0.25) is 0 Å². The molecular weight excluding hydrogens is 452 g/mol. The lowest BCUT2D eigenvalue weighted by atomic mass is 9.96. The topological polar surface area (TPSA) is 30.9 Å². The Morgan fingerprint density at radius 1 is 0.946 bits per heavy atom. The van der Waals surface area contributed by atoms with Gasteiger partial charge >= 0.3 is 0 Å². The number of nitrogens with one attached hydrogen (secondary N) is 1. The predicted molar refractivity (Wildman–Crippen MR) is 157 cm³/mol. The molecule has 4 heteroatoms. The van der Waals surface area contributed by atoms with Crippen LogP contribution < -0.4 is 5.32 Å². The minimum Gasteiger partial charge on any atom is -0.371 e. The summed E-state index contributed by atoms with van der Waals surface area (Å²) in [5.41, 5.74) is 11.8. The first-order chi connectivity index (χ1) is 18.0. The first-order valence-electron chi connectivity index (χ1n) is 13.5. The number of piperazine rings is 1. The van der Waals surface area contributed by atoms with E-state index in [0.29, 0.717) is 0 Å². The van der Waals surface area contributed by atoms with Gasteiger partial charge in [-0.25, -0.2) is 4.99 Å². The molecule has 2 heterocycles. The highest BCUT2D eigenvalue weighted by Crippen LogP contribution is 2.37. The molecule has 3 aliphatic rings. The highest BCUT2D eigenvalue weighted by atomic mass is 15.3. The van der Waals surface area contributed by atoms with Crippen molar-refractivity contribution in [2.45, 2.75) is 39.5 Å². The highest BCUT2D eigenvalue weighted by molar-refractivity contribution is 6.10. The van der Waals surface area contributed by atoms with Gasteiger partial charge in [0.05, 0.1) is 17.1 Å². The highest BCUT2D eigenvalue weighted by Gasteiger charge is 2.27. The lowest BCUT2D eigenvalue weighted by Crippen LogP contribution is -2.45. The van der Waals surface area contributed by atoms with E-state index in [-0.39, 0.29) is 0 Å². The Bertz CT molecular complexity index is 1280. The molecule has 0 saturated carbocycles. The molecule has 4 nitrogen and oxygen atoms in total. The maximum absolute atomic E-state index is 5.19. The monoisotopic (exact) mass is 490 g/mol. The molecule has 0 aromatic heterocycles. The maximum atomic E-state index is 5.19. The van der Waals surface area contributed by atoms with Gasteiger partial charge < -0.3 is 15.1 Å². The third-order valence-electron chi connectivity index (χ3n) is 7.51. The van der Waals surface area contributed by atoms with Gasteiger partial charge in [-0.15, -0.1) is 0 Å². The zero-order valence-corrected chi connectivity index (χ0v) is 22.3. The normalized spacial score (nSPS) is 17.8. The molecule has 1 saturated heterocycles. The van der Waals surface area contributed by atoms with Gasteiger partial charge in [-0.2, -0.15) is 0 Å². The van der Waals surface area contributed by atoms with E-state index in [2.05, 4.69) is 102 Å². The minimum absolute atomic E-state index is 0.810. The van der Waals surface area contributed by atoms with Gasteiger partial charge in [-0.05, 0) is 60.6 Å². The van der Waals surface area contributed by atoms with E-state index < -0.39 is 0 Å². The minimum atomic E-state index is 0.810. The van der Waals surface area contributed by atoms with Gasteiger partial charge in [-0.1, -0.05) is 74.7 Å². The van der Waals surface area contributed by atoms with E-state index in [1.807, 2.05) is 6.92 Å². The van der Waals surface area contributed by atoms with Crippen molar-refractivity contribution in [2.75, 3.05) is 31.5 Å². The van der Waals surface area contributed by atoms with Gasteiger partial charge in [0.1, 0.15) is 0 Å². The fourth-order valence-electron chi connectivity index (χ4n) is 5.55. The molecule has 1 aliphatic carbocycles. The van der Waals surface area contributed by atoms with E-state index in [1.165, 1.54) is 22.3 Å². The fraction of sp³-hybridized carbons (Fsp3) is 0.303. The van der Waals surface area contributed by atoms with Gasteiger partial charge in [0.2, 0.25) is 0 Å². The van der Waals surface area contributed by atoms with Crippen molar-refractivity contribution in [1.29, 1.82) is 0 Å². The average molecular weight is 491 g/mol. The smallest absolute Gasteiger partial charge is 0.0902 e. The summed E-state index contributed by atoms with van der Waals surface area (Å²) >= 11 is 0. The Kier molecular flexibility index (Phi) is 7.45. The van der Waals surface area contributed by atoms with Crippen molar-refractivity contribution in [3.63, 3.8) is 0 Å². The summed E-state index contributed by atoms with van der Waals surface area (Å²) in [5.74, 6) is 0. The molecule has 2 aromatic carbocycles. The summed E-state index contributed by atoms with van der Waals surface area (Å²) in [6.07, 6.45) is 8.88. The molecule has 0 unspecified atom stereocenters. The van der Waals surface area contributed by atoms with E-state index >= 15 is 0 Å². The lowest BCUT2D eigenvalue weighted by molar-refractivity contribution is 0.189. The Labute approximate surface area is 222 Å². The van der Waals surface area contributed by atoms with E-state index in [0.717, 1.165) is 80.4 Å². The van der Waals surface area contributed by atoms with Crippen molar-refractivity contribution in [2.24, 2.45) is 4.99 Å². The molecule has 0 spiro atoms. The Morgan fingerprint density at radius 3 is 2.35 bits per heavy atom. The molecule has 37 heavy (non-hydrogen) atoms. The van der Waals surface area contributed by atoms with Gasteiger partial charge in [0.25, 0.3) is 0 Å². The number of anilines is 1. The second-order valence-corrected chi connectivity index (χ2v) is 10.1. The molecule has 1 N–H and O–H groups in total. The Hall–Kier alpha value is -3.79. The van der Waals surface area contributed by atoms with Crippen LogP contribution in [0.15, 0.2) is 113 Å². The van der Waals surface area contributed by atoms with Crippen LogP contribution in [0.2, 0.25) is 0 Å². The standard InChI is InChI=1S/C33H38N4/c1-5-26-11-9-10-14-32(26)37-21-19-36(20-22-37)25(4)33-30(23-31(35-33)28-12-7-6-8-13-28)27-15-17-29(18-16-27)34-24(2)3/h6-9,11-13,15-18,34H,2,4-5,10,14,19-23H2,1,3H3. The first-order valence-corrected chi connectivity index (χ1v) is 13.5. The SMILES string of the molecule is C=C(C)Nc1ccc(C2=C(C(=C)N3CCN(C4=C(CC)C=CCC4)CC3)N=C(c3ccccc3)C2)cc1. The van der Waals surface area contributed by atoms with Crippen molar-refractivity contribution < 1.29 is 0 Å². The first kappa shape index (κ1) is 24.9. The van der Waals surface area contributed by atoms with Crippen LogP contribution in [0.3, 0.4) is 0 Å². The Balaban J connectivity index is 1.39. The van der Waals surface area contributed by atoms with Crippen molar-refractivity contribution in [1.82, 2.24) is 9.80 Å². The number of aliphatic imine (C=N–C) groups is 1. The zero-order chi connectivity index (χ0) is 25.8. The van der Waals surface area contributed by atoms with E-state index in [9.17, 15) is 0 Å². The molecule has 0 amide bonds. The van der Waals surface area contributed by atoms with Gasteiger partial charge in [0.15, 0.2) is 0 Å². The second kappa shape index (κ2) is 11.1.